The number of hydrogen-bond acceptors (Lipinski definition) is 4. The molecule has 0 bridgehead atoms. The highest BCUT2D eigenvalue weighted by atomic mass is 32.2. The lowest BCUT2D eigenvalue weighted by Gasteiger charge is -2.09. The Morgan fingerprint density at radius 2 is 2.06 bits per heavy atom. The number of fused-ring (bicyclic) bond motifs is 1. The van der Waals surface area contributed by atoms with E-state index in [9.17, 15) is 8.42 Å². The van der Waals surface area contributed by atoms with Gasteiger partial charge in [0.15, 0.2) is 0 Å². The maximum Gasteiger partial charge on any atom is 0.213 e. The first-order valence-corrected chi connectivity index (χ1v) is 7.26. The number of sulfonamides is 1. The van der Waals surface area contributed by atoms with Crippen molar-refractivity contribution in [3.05, 3.63) is 35.9 Å². The molecule has 2 rings (SSSR count). The molecule has 5 nitrogen and oxygen atoms in total. The minimum Gasteiger partial charge on any atom is -0.481 e. The molecule has 96 valence electrons. The van der Waals surface area contributed by atoms with Crippen molar-refractivity contribution in [2.24, 2.45) is 0 Å². The zero-order valence-corrected chi connectivity index (χ0v) is 11.0. The molecular formula is C12H14N2O3S. The van der Waals surface area contributed by atoms with Gasteiger partial charge in [-0.25, -0.2) is 18.1 Å². The average molecular weight is 266 g/mol. The lowest BCUT2D eigenvalue weighted by atomic mass is 10.1. The van der Waals surface area contributed by atoms with Gasteiger partial charge in [-0.15, -0.1) is 0 Å². The Labute approximate surface area is 106 Å². The average Bonchev–Trinajstić information content (AvgIpc) is 2.34. The zero-order valence-electron chi connectivity index (χ0n) is 10.2. The summed E-state index contributed by atoms with van der Waals surface area (Å²) in [5.41, 5.74) is 1.62. The summed E-state index contributed by atoms with van der Waals surface area (Å²) in [5, 5.41) is 0.912. The van der Waals surface area contributed by atoms with E-state index in [1.807, 2.05) is 24.3 Å². The number of ether oxygens (including phenoxy) is 1. The number of hydrogen-bond donors (Lipinski definition) is 1. The molecule has 6 heteroatoms. The van der Waals surface area contributed by atoms with Crippen LogP contribution in [-0.4, -0.2) is 26.8 Å². The summed E-state index contributed by atoms with van der Waals surface area (Å²) in [6, 6.07) is 9.27. The Morgan fingerprint density at radius 1 is 1.33 bits per heavy atom. The SMILES string of the molecule is COc1cc(CNS(C)(=O)=O)c2ccccc2n1. The second-order valence-corrected chi connectivity index (χ2v) is 5.77. The van der Waals surface area contributed by atoms with Crippen LogP contribution in [0, 0.1) is 0 Å². The van der Waals surface area contributed by atoms with E-state index >= 15 is 0 Å². The molecule has 1 heterocycles. The quantitative estimate of drug-likeness (QED) is 0.905. The van der Waals surface area contributed by atoms with Gasteiger partial charge in [0.05, 0.1) is 18.9 Å². The number of nitrogens with one attached hydrogen (secondary N) is 1. The van der Waals surface area contributed by atoms with Crippen LogP contribution in [0.15, 0.2) is 30.3 Å². The van der Waals surface area contributed by atoms with E-state index in [2.05, 4.69) is 9.71 Å². The van der Waals surface area contributed by atoms with Gasteiger partial charge in [0.2, 0.25) is 15.9 Å². The van der Waals surface area contributed by atoms with Gasteiger partial charge in [0.25, 0.3) is 0 Å². The van der Waals surface area contributed by atoms with E-state index in [1.54, 1.807) is 6.07 Å². The van der Waals surface area contributed by atoms with E-state index in [0.717, 1.165) is 22.7 Å². The smallest absolute Gasteiger partial charge is 0.213 e. The molecule has 0 unspecified atom stereocenters. The predicted molar refractivity (Wildman–Crippen MR) is 70.0 cm³/mol. The normalized spacial score (nSPS) is 11.7. The highest BCUT2D eigenvalue weighted by Gasteiger charge is 2.08. The van der Waals surface area contributed by atoms with Gasteiger partial charge >= 0.3 is 0 Å². The van der Waals surface area contributed by atoms with Crippen molar-refractivity contribution in [3.8, 4) is 5.88 Å². The number of rotatable bonds is 4. The second-order valence-electron chi connectivity index (χ2n) is 3.93. The van der Waals surface area contributed by atoms with Gasteiger partial charge in [-0.2, -0.15) is 0 Å². The summed E-state index contributed by atoms with van der Waals surface area (Å²) >= 11 is 0. The van der Waals surface area contributed by atoms with Gasteiger partial charge in [-0.1, -0.05) is 18.2 Å². The second kappa shape index (κ2) is 4.91. The van der Waals surface area contributed by atoms with Crippen molar-refractivity contribution in [3.63, 3.8) is 0 Å². The molecule has 1 aromatic carbocycles. The molecule has 0 radical (unpaired) electrons. The predicted octanol–water partition coefficient (Wildman–Crippen LogP) is 1.29. The number of para-hydroxylation sites is 1. The molecule has 0 aliphatic rings. The number of pyridine rings is 1. The van der Waals surface area contributed by atoms with E-state index in [-0.39, 0.29) is 6.54 Å². The topological polar surface area (TPSA) is 68.3 Å². The molecule has 0 aliphatic heterocycles. The fraction of sp³-hybridized carbons (Fsp3) is 0.250. The van der Waals surface area contributed by atoms with Crippen LogP contribution in [0.4, 0.5) is 0 Å². The van der Waals surface area contributed by atoms with Crippen LogP contribution in [0.1, 0.15) is 5.56 Å². The Kier molecular flexibility index (Phi) is 3.49. The van der Waals surface area contributed by atoms with Gasteiger partial charge in [0, 0.05) is 18.0 Å². The van der Waals surface area contributed by atoms with Crippen molar-refractivity contribution in [1.29, 1.82) is 0 Å². The number of methoxy groups -OCH3 is 1. The fourth-order valence-corrected chi connectivity index (χ4v) is 2.10. The fourth-order valence-electron chi connectivity index (χ4n) is 1.68. The van der Waals surface area contributed by atoms with Crippen molar-refractivity contribution in [2.75, 3.05) is 13.4 Å². The molecule has 0 atom stereocenters. The third-order valence-electron chi connectivity index (χ3n) is 2.51. The number of benzene rings is 1. The molecule has 0 amide bonds. The Bertz CT molecular complexity index is 668. The number of nitrogens with zero attached hydrogens (tertiary/aromatic N) is 1. The lowest BCUT2D eigenvalue weighted by molar-refractivity contribution is 0.399. The van der Waals surface area contributed by atoms with Crippen LogP contribution in [-0.2, 0) is 16.6 Å². The molecule has 1 aromatic heterocycles. The zero-order chi connectivity index (χ0) is 13.2. The van der Waals surface area contributed by atoms with Crippen LogP contribution in [0.3, 0.4) is 0 Å². The minimum atomic E-state index is -3.22. The molecule has 0 fully saturated rings. The maximum atomic E-state index is 11.1. The van der Waals surface area contributed by atoms with Gasteiger partial charge in [-0.3, -0.25) is 0 Å². The summed E-state index contributed by atoms with van der Waals surface area (Å²) in [7, 11) is -1.69. The van der Waals surface area contributed by atoms with Crippen LogP contribution in [0.25, 0.3) is 10.9 Å². The Hall–Kier alpha value is -1.66. The van der Waals surface area contributed by atoms with Gasteiger partial charge in [-0.05, 0) is 11.6 Å². The van der Waals surface area contributed by atoms with Gasteiger partial charge < -0.3 is 4.74 Å². The first-order valence-electron chi connectivity index (χ1n) is 5.37. The molecule has 2 aromatic rings. The summed E-state index contributed by atoms with van der Waals surface area (Å²) in [6.45, 7) is 0.220. The van der Waals surface area contributed by atoms with Crippen LogP contribution < -0.4 is 9.46 Å². The number of aromatic nitrogens is 1. The molecule has 18 heavy (non-hydrogen) atoms. The molecule has 0 spiro atoms. The monoisotopic (exact) mass is 266 g/mol. The first kappa shape index (κ1) is 12.8. The van der Waals surface area contributed by atoms with Crippen LogP contribution >= 0.6 is 0 Å². The standard InChI is InChI=1S/C12H14N2O3S/c1-17-12-7-9(8-13-18(2,15)16)10-5-3-4-6-11(10)14-12/h3-7,13H,8H2,1-2H3. The summed E-state index contributed by atoms with van der Waals surface area (Å²) in [4.78, 5) is 4.30. The maximum absolute atomic E-state index is 11.1. The van der Waals surface area contributed by atoms with Gasteiger partial charge in [0.1, 0.15) is 0 Å². The largest absolute Gasteiger partial charge is 0.481 e. The van der Waals surface area contributed by atoms with E-state index in [0.29, 0.717) is 5.88 Å². The summed E-state index contributed by atoms with van der Waals surface area (Å²) < 4.78 is 29.9. The van der Waals surface area contributed by atoms with Crippen molar-refractivity contribution >= 4 is 20.9 Å². The van der Waals surface area contributed by atoms with E-state index in [4.69, 9.17) is 4.74 Å². The van der Waals surface area contributed by atoms with Crippen molar-refractivity contribution in [2.45, 2.75) is 6.54 Å². The molecular weight excluding hydrogens is 252 g/mol. The van der Waals surface area contributed by atoms with E-state index < -0.39 is 10.0 Å². The first-order chi connectivity index (χ1) is 8.49. The molecule has 1 N–H and O–H groups in total. The lowest BCUT2D eigenvalue weighted by Crippen LogP contribution is -2.21. The molecule has 0 saturated heterocycles. The highest BCUT2D eigenvalue weighted by molar-refractivity contribution is 7.88. The van der Waals surface area contributed by atoms with Crippen LogP contribution in [0.2, 0.25) is 0 Å². The van der Waals surface area contributed by atoms with Crippen LogP contribution in [0.5, 0.6) is 5.88 Å². The molecule has 0 aliphatic carbocycles. The summed E-state index contributed by atoms with van der Waals surface area (Å²) in [6.07, 6.45) is 1.13. The Balaban J connectivity index is 2.47. The summed E-state index contributed by atoms with van der Waals surface area (Å²) in [5.74, 6) is 0.471. The van der Waals surface area contributed by atoms with Crippen molar-refractivity contribution < 1.29 is 13.2 Å². The third-order valence-corrected chi connectivity index (χ3v) is 3.18. The van der Waals surface area contributed by atoms with Crippen molar-refractivity contribution in [1.82, 2.24) is 9.71 Å². The minimum absolute atomic E-state index is 0.220. The highest BCUT2D eigenvalue weighted by Crippen LogP contribution is 2.21. The van der Waals surface area contributed by atoms with E-state index in [1.165, 1.54) is 7.11 Å². The third kappa shape index (κ3) is 2.96. The molecule has 0 saturated carbocycles. The Morgan fingerprint density at radius 3 is 2.72 bits per heavy atom.